The number of aryl methyl sites for hydroxylation is 1. The lowest BCUT2D eigenvalue weighted by Gasteiger charge is -2.42. The molecule has 1 N–H and O–H groups in total. The molecule has 3 unspecified atom stereocenters. The van der Waals surface area contributed by atoms with E-state index in [2.05, 4.69) is 23.1 Å². The lowest BCUT2D eigenvalue weighted by atomic mass is 9.83. The van der Waals surface area contributed by atoms with Crippen molar-refractivity contribution in [2.45, 2.75) is 37.8 Å². The molecule has 0 saturated carbocycles. The van der Waals surface area contributed by atoms with Gasteiger partial charge in [-0.05, 0) is 49.3 Å². The highest BCUT2D eigenvalue weighted by Crippen LogP contribution is 2.34. The van der Waals surface area contributed by atoms with Crippen LogP contribution in [-0.2, 0) is 11.2 Å². The monoisotopic (exact) mass is 275 g/mol. The molecule has 1 heterocycles. The number of piperidine rings is 1. The van der Waals surface area contributed by atoms with Crippen molar-refractivity contribution in [3.8, 4) is 0 Å². The quantitative estimate of drug-likeness (QED) is 0.919. The van der Waals surface area contributed by atoms with Gasteiger partial charge in [0.05, 0.1) is 12.7 Å². The normalized spacial score (nSPS) is 31.0. The first kappa shape index (κ1) is 14.1. The van der Waals surface area contributed by atoms with Gasteiger partial charge in [-0.15, -0.1) is 0 Å². The summed E-state index contributed by atoms with van der Waals surface area (Å²) in [6.07, 6.45) is 4.30. The van der Waals surface area contributed by atoms with E-state index in [-0.39, 0.29) is 12.1 Å². The number of nitrogens with zero attached hydrogens (tertiary/aromatic N) is 1. The molecule has 3 rings (SSSR count). The van der Waals surface area contributed by atoms with Crippen LogP contribution in [0.5, 0.6) is 0 Å². The van der Waals surface area contributed by atoms with Crippen molar-refractivity contribution in [2.24, 2.45) is 5.92 Å². The highest BCUT2D eigenvalue weighted by molar-refractivity contribution is 5.32. The van der Waals surface area contributed by atoms with Crippen LogP contribution < -0.4 is 0 Å². The maximum absolute atomic E-state index is 10.7. The molecule has 3 nitrogen and oxygen atoms in total. The Bertz CT molecular complexity index is 446. The standard InChI is InChI=1S/C17H25NO2/c1-20-12-13-5-4-10-18(11-13)16-9-8-14-6-2-3-7-15(14)17(16)19/h2-3,6-7,13,16-17,19H,4-5,8-12H2,1H3. The number of aliphatic hydroxyl groups is 1. The zero-order chi connectivity index (χ0) is 13.9. The third-order valence-corrected chi connectivity index (χ3v) is 4.87. The largest absolute Gasteiger partial charge is 0.387 e. The second kappa shape index (κ2) is 6.25. The Hall–Kier alpha value is -0.900. The summed E-state index contributed by atoms with van der Waals surface area (Å²) in [6, 6.07) is 8.63. The molecule has 2 aliphatic rings. The van der Waals surface area contributed by atoms with Crippen molar-refractivity contribution in [2.75, 3.05) is 26.8 Å². The van der Waals surface area contributed by atoms with Gasteiger partial charge < -0.3 is 9.84 Å². The van der Waals surface area contributed by atoms with Crippen LogP contribution >= 0.6 is 0 Å². The van der Waals surface area contributed by atoms with Crippen LogP contribution in [0.15, 0.2) is 24.3 Å². The van der Waals surface area contributed by atoms with E-state index in [1.807, 2.05) is 6.07 Å². The maximum atomic E-state index is 10.7. The molecule has 3 atom stereocenters. The predicted molar refractivity (Wildman–Crippen MR) is 79.7 cm³/mol. The van der Waals surface area contributed by atoms with Gasteiger partial charge in [-0.1, -0.05) is 24.3 Å². The molecule has 1 aromatic carbocycles. The van der Waals surface area contributed by atoms with Crippen LogP contribution in [0.3, 0.4) is 0 Å². The second-order valence-corrected chi connectivity index (χ2v) is 6.21. The molecule has 1 fully saturated rings. The summed E-state index contributed by atoms with van der Waals surface area (Å²) in [5.74, 6) is 0.623. The van der Waals surface area contributed by atoms with Crippen LogP contribution in [-0.4, -0.2) is 42.9 Å². The van der Waals surface area contributed by atoms with Crippen LogP contribution in [0, 0.1) is 5.92 Å². The fourth-order valence-electron chi connectivity index (χ4n) is 3.87. The van der Waals surface area contributed by atoms with E-state index in [0.29, 0.717) is 5.92 Å². The summed E-state index contributed by atoms with van der Waals surface area (Å²) in [7, 11) is 1.78. The minimum atomic E-state index is -0.332. The summed E-state index contributed by atoms with van der Waals surface area (Å²) < 4.78 is 5.31. The first-order chi connectivity index (χ1) is 9.79. The number of methoxy groups -OCH3 is 1. The molecular weight excluding hydrogens is 250 g/mol. The minimum absolute atomic E-state index is 0.282. The molecule has 3 heteroatoms. The van der Waals surface area contributed by atoms with Gasteiger partial charge in [0.1, 0.15) is 0 Å². The smallest absolute Gasteiger partial charge is 0.0947 e. The third kappa shape index (κ3) is 2.76. The lowest BCUT2D eigenvalue weighted by molar-refractivity contribution is 0.000760. The summed E-state index contributed by atoms with van der Waals surface area (Å²) in [6.45, 7) is 3.03. The topological polar surface area (TPSA) is 32.7 Å². The zero-order valence-electron chi connectivity index (χ0n) is 12.3. The molecule has 1 aliphatic heterocycles. The van der Waals surface area contributed by atoms with Crippen molar-refractivity contribution in [1.82, 2.24) is 4.90 Å². The molecule has 0 bridgehead atoms. The molecular formula is C17H25NO2. The van der Waals surface area contributed by atoms with Crippen molar-refractivity contribution in [3.05, 3.63) is 35.4 Å². The first-order valence-electron chi connectivity index (χ1n) is 7.78. The lowest BCUT2D eigenvalue weighted by Crippen LogP contribution is -2.47. The predicted octanol–water partition coefficient (Wildman–Crippen LogP) is 2.39. The Balaban J connectivity index is 1.72. The summed E-state index contributed by atoms with van der Waals surface area (Å²) in [5.41, 5.74) is 2.46. The average molecular weight is 275 g/mol. The Morgan fingerprint density at radius 2 is 2.15 bits per heavy atom. The Morgan fingerprint density at radius 3 is 3.00 bits per heavy atom. The number of ether oxygens (including phenoxy) is 1. The SMILES string of the molecule is COCC1CCCN(C2CCc3ccccc3C2O)C1. The number of likely N-dealkylation sites (tertiary alicyclic amines) is 1. The molecule has 110 valence electrons. The zero-order valence-corrected chi connectivity index (χ0v) is 12.3. The Labute approximate surface area is 121 Å². The van der Waals surface area contributed by atoms with Crippen LogP contribution in [0.1, 0.15) is 36.5 Å². The average Bonchev–Trinajstić information content (AvgIpc) is 2.48. The highest BCUT2D eigenvalue weighted by Gasteiger charge is 2.34. The molecule has 1 aromatic rings. The molecule has 0 radical (unpaired) electrons. The van der Waals surface area contributed by atoms with Crippen LogP contribution in [0.4, 0.5) is 0 Å². The van der Waals surface area contributed by atoms with E-state index in [1.165, 1.54) is 18.4 Å². The number of rotatable bonds is 3. The summed E-state index contributed by atoms with van der Waals surface area (Å²) in [5, 5.41) is 10.7. The van der Waals surface area contributed by atoms with Gasteiger partial charge in [0.15, 0.2) is 0 Å². The number of hydrogen-bond acceptors (Lipinski definition) is 3. The van der Waals surface area contributed by atoms with Gasteiger partial charge in [0.2, 0.25) is 0 Å². The first-order valence-corrected chi connectivity index (χ1v) is 7.78. The fraction of sp³-hybridized carbons (Fsp3) is 0.647. The van der Waals surface area contributed by atoms with E-state index < -0.39 is 0 Å². The Kier molecular flexibility index (Phi) is 4.39. The number of hydrogen-bond donors (Lipinski definition) is 1. The van der Waals surface area contributed by atoms with E-state index in [4.69, 9.17) is 4.74 Å². The van der Waals surface area contributed by atoms with E-state index in [9.17, 15) is 5.11 Å². The van der Waals surface area contributed by atoms with Crippen LogP contribution in [0.25, 0.3) is 0 Å². The van der Waals surface area contributed by atoms with E-state index in [1.54, 1.807) is 7.11 Å². The maximum Gasteiger partial charge on any atom is 0.0947 e. The Morgan fingerprint density at radius 1 is 1.30 bits per heavy atom. The van der Waals surface area contributed by atoms with Gasteiger partial charge in [-0.2, -0.15) is 0 Å². The van der Waals surface area contributed by atoms with Crippen molar-refractivity contribution in [1.29, 1.82) is 0 Å². The van der Waals surface area contributed by atoms with Gasteiger partial charge in [0.25, 0.3) is 0 Å². The number of fused-ring (bicyclic) bond motifs is 1. The van der Waals surface area contributed by atoms with Crippen molar-refractivity contribution < 1.29 is 9.84 Å². The molecule has 1 aliphatic carbocycles. The van der Waals surface area contributed by atoms with Gasteiger partial charge >= 0.3 is 0 Å². The van der Waals surface area contributed by atoms with Gasteiger partial charge in [0, 0.05) is 19.7 Å². The molecule has 1 saturated heterocycles. The van der Waals surface area contributed by atoms with Gasteiger partial charge in [-0.3, -0.25) is 4.90 Å². The summed E-state index contributed by atoms with van der Waals surface area (Å²) >= 11 is 0. The molecule has 20 heavy (non-hydrogen) atoms. The van der Waals surface area contributed by atoms with Crippen molar-refractivity contribution >= 4 is 0 Å². The number of benzene rings is 1. The van der Waals surface area contributed by atoms with Crippen LogP contribution in [0.2, 0.25) is 0 Å². The minimum Gasteiger partial charge on any atom is -0.387 e. The molecule has 0 spiro atoms. The van der Waals surface area contributed by atoms with E-state index >= 15 is 0 Å². The fourth-order valence-corrected chi connectivity index (χ4v) is 3.87. The van der Waals surface area contributed by atoms with Gasteiger partial charge in [-0.25, -0.2) is 0 Å². The van der Waals surface area contributed by atoms with Crippen molar-refractivity contribution in [3.63, 3.8) is 0 Å². The summed E-state index contributed by atoms with van der Waals surface area (Å²) in [4.78, 5) is 2.49. The number of aliphatic hydroxyl groups excluding tert-OH is 1. The van der Waals surface area contributed by atoms with E-state index in [0.717, 1.165) is 38.1 Å². The third-order valence-electron chi connectivity index (χ3n) is 4.87. The molecule has 0 amide bonds. The second-order valence-electron chi connectivity index (χ2n) is 6.21. The highest BCUT2D eigenvalue weighted by atomic mass is 16.5. The molecule has 0 aromatic heterocycles.